The van der Waals surface area contributed by atoms with E-state index in [0.717, 1.165) is 12.8 Å². The van der Waals surface area contributed by atoms with Crippen LogP contribution >= 0.6 is 0 Å². The molecule has 10 nitrogen and oxygen atoms in total. The smallest absolute Gasteiger partial charge is 0.253 e. The first-order valence-electron chi connectivity index (χ1n) is 13.9. The number of hydrogen-bond donors (Lipinski definition) is 5. The van der Waals surface area contributed by atoms with Crippen molar-refractivity contribution in [3.8, 4) is 0 Å². The highest BCUT2D eigenvalue weighted by Crippen LogP contribution is 2.19. The molecule has 1 aromatic rings. The van der Waals surface area contributed by atoms with Crippen LogP contribution in [0.4, 0.5) is 0 Å². The van der Waals surface area contributed by atoms with Gasteiger partial charge in [-0.3, -0.25) is 19.2 Å². The van der Waals surface area contributed by atoms with Gasteiger partial charge in [-0.15, -0.1) is 0 Å². The molecule has 0 saturated heterocycles. The number of benzene rings is 1. The van der Waals surface area contributed by atoms with Crippen LogP contribution in [0.5, 0.6) is 0 Å². The number of rotatable bonds is 16. The molecule has 0 bridgehead atoms. The van der Waals surface area contributed by atoms with Crippen LogP contribution in [0.25, 0.3) is 0 Å². The Balaban J connectivity index is 3.27. The third-order valence-electron chi connectivity index (χ3n) is 6.42. The summed E-state index contributed by atoms with van der Waals surface area (Å²) in [6.45, 7) is 14.6. The van der Waals surface area contributed by atoms with Crippen molar-refractivity contribution in [1.29, 1.82) is 0 Å². The molecule has 0 aliphatic heterocycles. The van der Waals surface area contributed by atoms with Gasteiger partial charge in [-0.05, 0) is 49.3 Å². The average molecular weight is 549 g/mol. The summed E-state index contributed by atoms with van der Waals surface area (Å²) in [6, 6.07) is 3.18. The second-order valence-electron chi connectivity index (χ2n) is 11.1. The summed E-state index contributed by atoms with van der Waals surface area (Å²) < 4.78 is 0. The third-order valence-corrected chi connectivity index (χ3v) is 6.42. The highest BCUT2D eigenvalue weighted by Gasteiger charge is 2.35. The van der Waals surface area contributed by atoms with Crippen LogP contribution < -0.4 is 16.4 Å². The summed E-state index contributed by atoms with van der Waals surface area (Å²) >= 11 is 0. The monoisotopic (exact) mass is 548 g/mol. The summed E-state index contributed by atoms with van der Waals surface area (Å²) in [5.74, 6) is -2.80. The van der Waals surface area contributed by atoms with Crippen molar-refractivity contribution in [3.05, 3.63) is 34.9 Å². The van der Waals surface area contributed by atoms with Crippen LogP contribution in [0.1, 0.15) is 98.8 Å². The van der Waals surface area contributed by atoms with Gasteiger partial charge in [0.15, 0.2) is 0 Å². The number of aliphatic hydroxyl groups is 2. The van der Waals surface area contributed by atoms with E-state index in [1.165, 1.54) is 25.1 Å². The van der Waals surface area contributed by atoms with Gasteiger partial charge in [0.25, 0.3) is 11.8 Å². The first-order valence-corrected chi connectivity index (χ1v) is 13.9. The van der Waals surface area contributed by atoms with Gasteiger partial charge in [0, 0.05) is 36.3 Å². The summed E-state index contributed by atoms with van der Waals surface area (Å²) in [7, 11) is 0. The number of nitrogens with one attached hydrogen (secondary N) is 2. The SMILES string of the molecule is CCCN(CCC)C(=O)c1cc(C(N)=O)cc(C(=O)NC(CC(C)C)C(O)C(O)C(C)C(=O)NCC(C)C)c1. The maximum Gasteiger partial charge on any atom is 0.253 e. The van der Waals surface area contributed by atoms with Gasteiger partial charge in [-0.25, -0.2) is 0 Å². The van der Waals surface area contributed by atoms with Gasteiger partial charge < -0.3 is 31.5 Å². The largest absolute Gasteiger partial charge is 0.390 e. The minimum atomic E-state index is -1.44. The van der Waals surface area contributed by atoms with Gasteiger partial charge in [0.05, 0.1) is 18.1 Å². The van der Waals surface area contributed by atoms with Gasteiger partial charge in [0.2, 0.25) is 11.8 Å². The molecule has 6 N–H and O–H groups in total. The topological polar surface area (TPSA) is 162 Å². The standard InChI is InChI=1S/C29H48N4O6/c1-8-10-33(11-9-2)29(39)22-14-20(26(30)36)13-21(15-22)28(38)32-23(12-17(3)4)25(35)24(34)19(7)27(37)31-16-18(5)6/h13-15,17-19,23-25,34-35H,8-12,16H2,1-7H3,(H2,30,36)(H,31,37)(H,32,38). The fourth-order valence-electron chi connectivity index (χ4n) is 4.26. The van der Waals surface area contributed by atoms with Crippen molar-refractivity contribution in [2.24, 2.45) is 23.5 Å². The quantitative estimate of drug-likeness (QED) is 0.213. The molecule has 0 spiro atoms. The van der Waals surface area contributed by atoms with Crippen molar-refractivity contribution in [1.82, 2.24) is 15.5 Å². The van der Waals surface area contributed by atoms with E-state index in [1.807, 2.05) is 41.5 Å². The van der Waals surface area contributed by atoms with Gasteiger partial charge in [-0.2, -0.15) is 0 Å². The Morgan fingerprint density at radius 3 is 1.87 bits per heavy atom. The molecule has 0 heterocycles. The lowest BCUT2D eigenvalue weighted by Crippen LogP contribution is -2.53. The molecule has 0 aliphatic carbocycles. The van der Waals surface area contributed by atoms with Gasteiger partial charge >= 0.3 is 0 Å². The Morgan fingerprint density at radius 2 is 1.38 bits per heavy atom. The molecule has 220 valence electrons. The van der Waals surface area contributed by atoms with Crippen LogP contribution in [-0.2, 0) is 4.79 Å². The Kier molecular flexibility index (Phi) is 14.1. The third kappa shape index (κ3) is 10.6. The minimum Gasteiger partial charge on any atom is -0.390 e. The van der Waals surface area contributed by atoms with Crippen LogP contribution in [0.15, 0.2) is 18.2 Å². The van der Waals surface area contributed by atoms with E-state index in [4.69, 9.17) is 5.73 Å². The summed E-state index contributed by atoms with van der Waals surface area (Å²) in [6.07, 6.45) is -1.07. The lowest BCUT2D eigenvalue weighted by atomic mass is 9.89. The van der Waals surface area contributed by atoms with Crippen molar-refractivity contribution in [2.75, 3.05) is 19.6 Å². The van der Waals surface area contributed by atoms with E-state index in [-0.39, 0.29) is 34.4 Å². The Labute approximate surface area is 232 Å². The molecule has 0 aromatic heterocycles. The number of carbonyl (C=O) groups is 4. The maximum absolute atomic E-state index is 13.4. The number of carbonyl (C=O) groups excluding carboxylic acids is 4. The number of aliphatic hydroxyl groups excluding tert-OH is 2. The van der Waals surface area contributed by atoms with E-state index in [0.29, 0.717) is 26.1 Å². The van der Waals surface area contributed by atoms with E-state index in [2.05, 4.69) is 10.6 Å². The first-order chi connectivity index (χ1) is 18.2. The highest BCUT2D eigenvalue weighted by atomic mass is 16.3. The summed E-state index contributed by atoms with van der Waals surface area (Å²) in [5, 5.41) is 27.3. The molecular weight excluding hydrogens is 500 g/mol. The number of nitrogens with two attached hydrogens (primary N) is 1. The second kappa shape index (κ2) is 16.2. The van der Waals surface area contributed by atoms with Gasteiger partial charge in [0.1, 0.15) is 6.10 Å². The number of nitrogens with zero attached hydrogens (tertiary/aromatic N) is 1. The van der Waals surface area contributed by atoms with Crippen LogP contribution in [-0.4, -0.2) is 76.6 Å². The molecule has 1 rings (SSSR count). The summed E-state index contributed by atoms with van der Waals surface area (Å²) in [5.41, 5.74) is 5.70. The fourth-order valence-corrected chi connectivity index (χ4v) is 4.26. The lowest BCUT2D eigenvalue weighted by Gasteiger charge is -2.31. The van der Waals surface area contributed by atoms with Crippen molar-refractivity contribution in [2.45, 2.75) is 86.0 Å². The molecule has 1 aromatic carbocycles. The number of amides is 4. The molecule has 4 amide bonds. The van der Waals surface area contributed by atoms with Crippen molar-refractivity contribution >= 4 is 23.6 Å². The normalized spacial score (nSPS) is 14.4. The molecular formula is C29H48N4O6. The zero-order valence-corrected chi connectivity index (χ0v) is 24.5. The second-order valence-corrected chi connectivity index (χ2v) is 11.1. The van der Waals surface area contributed by atoms with E-state index >= 15 is 0 Å². The van der Waals surface area contributed by atoms with E-state index in [1.54, 1.807) is 4.90 Å². The van der Waals surface area contributed by atoms with Crippen molar-refractivity contribution in [3.63, 3.8) is 0 Å². The fraction of sp³-hybridized carbons (Fsp3) is 0.655. The van der Waals surface area contributed by atoms with Crippen molar-refractivity contribution < 1.29 is 29.4 Å². The highest BCUT2D eigenvalue weighted by molar-refractivity contribution is 6.04. The first kappa shape index (κ1) is 34.0. The lowest BCUT2D eigenvalue weighted by molar-refractivity contribution is -0.132. The average Bonchev–Trinajstić information content (AvgIpc) is 2.88. The van der Waals surface area contributed by atoms with Gasteiger partial charge in [-0.1, -0.05) is 48.5 Å². The molecule has 10 heteroatoms. The molecule has 0 fully saturated rings. The Bertz CT molecular complexity index is 975. The van der Waals surface area contributed by atoms with Crippen LogP contribution in [0.3, 0.4) is 0 Å². The predicted octanol–water partition coefficient (Wildman–Crippen LogP) is 2.32. The Hall–Kier alpha value is -2.98. The zero-order valence-electron chi connectivity index (χ0n) is 24.5. The summed E-state index contributed by atoms with van der Waals surface area (Å²) in [4.78, 5) is 52.7. The number of hydrogen-bond acceptors (Lipinski definition) is 6. The molecule has 39 heavy (non-hydrogen) atoms. The molecule has 0 aliphatic rings. The molecule has 4 unspecified atom stereocenters. The Morgan fingerprint density at radius 1 is 0.846 bits per heavy atom. The number of primary amides is 1. The molecule has 0 saturated carbocycles. The minimum absolute atomic E-state index is 0.00962. The van der Waals surface area contributed by atoms with Crippen LogP contribution in [0.2, 0.25) is 0 Å². The van der Waals surface area contributed by atoms with E-state index in [9.17, 15) is 29.4 Å². The maximum atomic E-state index is 13.4. The predicted molar refractivity (Wildman–Crippen MR) is 151 cm³/mol. The molecule has 0 radical (unpaired) electrons. The molecule has 4 atom stereocenters. The zero-order chi connectivity index (χ0) is 29.9. The van der Waals surface area contributed by atoms with Crippen LogP contribution in [0, 0.1) is 17.8 Å². The van der Waals surface area contributed by atoms with E-state index < -0.39 is 41.9 Å².